The molecule has 2 unspecified atom stereocenters. The Kier molecular flexibility index (Phi) is 6.31. The lowest BCUT2D eigenvalue weighted by Gasteiger charge is -2.17. The highest BCUT2D eigenvalue weighted by Crippen LogP contribution is 2.09. The molecule has 3 N–H and O–H groups in total. The Labute approximate surface area is 87.3 Å². The summed E-state index contributed by atoms with van der Waals surface area (Å²) in [5.74, 6) is 0.559. The first-order valence-electron chi connectivity index (χ1n) is 5.11. The van der Waals surface area contributed by atoms with Gasteiger partial charge in [-0.2, -0.15) is 0 Å². The minimum atomic E-state index is -3.16. The second-order valence-corrected chi connectivity index (χ2v) is 5.75. The first-order chi connectivity index (χ1) is 6.41. The van der Waals surface area contributed by atoms with E-state index in [1.54, 1.807) is 0 Å². The van der Waals surface area contributed by atoms with E-state index in [2.05, 4.69) is 18.6 Å². The molecule has 86 valence electrons. The fourth-order valence-electron chi connectivity index (χ4n) is 1.34. The van der Waals surface area contributed by atoms with Gasteiger partial charge in [0.05, 0.1) is 5.75 Å². The summed E-state index contributed by atoms with van der Waals surface area (Å²) in [5.41, 5.74) is 5.20. The zero-order valence-corrected chi connectivity index (χ0v) is 10.1. The van der Waals surface area contributed by atoms with Crippen LogP contribution < -0.4 is 10.5 Å². The van der Waals surface area contributed by atoms with E-state index in [0.29, 0.717) is 5.92 Å². The van der Waals surface area contributed by atoms with E-state index in [0.717, 1.165) is 12.8 Å². The molecule has 0 spiro atoms. The maximum absolute atomic E-state index is 11.3. The van der Waals surface area contributed by atoms with Gasteiger partial charge >= 0.3 is 0 Å². The summed E-state index contributed by atoms with van der Waals surface area (Å²) in [4.78, 5) is 0. The van der Waals surface area contributed by atoms with Crippen molar-refractivity contribution in [3.05, 3.63) is 0 Å². The van der Waals surface area contributed by atoms with Gasteiger partial charge in [0.15, 0.2) is 0 Å². The summed E-state index contributed by atoms with van der Waals surface area (Å²) in [5, 5.41) is 0. The van der Waals surface area contributed by atoms with Gasteiger partial charge in [-0.05, 0) is 19.3 Å². The van der Waals surface area contributed by atoms with Gasteiger partial charge in [0.25, 0.3) is 0 Å². The Morgan fingerprint density at radius 3 is 2.36 bits per heavy atom. The fraction of sp³-hybridized carbons (Fsp3) is 1.00. The van der Waals surface area contributed by atoms with Gasteiger partial charge in [0, 0.05) is 12.6 Å². The SMILES string of the molecule is CCC(C)CC(C)NS(=O)(=O)CCN. The van der Waals surface area contributed by atoms with Crippen molar-refractivity contribution in [3.8, 4) is 0 Å². The van der Waals surface area contributed by atoms with E-state index >= 15 is 0 Å². The van der Waals surface area contributed by atoms with Gasteiger partial charge < -0.3 is 5.73 Å². The second kappa shape index (κ2) is 6.37. The Bertz CT molecular complexity index is 239. The van der Waals surface area contributed by atoms with Gasteiger partial charge in [0.1, 0.15) is 0 Å². The Balaban J connectivity index is 3.99. The first kappa shape index (κ1) is 13.9. The average Bonchev–Trinajstić information content (AvgIpc) is 2.02. The lowest BCUT2D eigenvalue weighted by molar-refractivity contribution is 0.445. The van der Waals surface area contributed by atoms with Crippen molar-refractivity contribution in [1.82, 2.24) is 4.72 Å². The highest BCUT2D eigenvalue weighted by atomic mass is 32.2. The van der Waals surface area contributed by atoms with E-state index < -0.39 is 10.0 Å². The third-order valence-corrected chi connectivity index (χ3v) is 3.75. The molecule has 0 saturated heterocycles. The molecule has 4 nitrogen and oxygen atoms in total. The number of sulfonamides is 1. The maximum atomic E-state index is 11.3. The summed E-state index contributed by atoms with van der Waals surface area (Å²) < 4.78 is 25.3. The Hall–Kier alpha value is -0.130. The molecule has 0 rings (SSSR count). The molecule has 0 heterocycles. The monoisotopic (exact) mass is 222 g/mol. The van der Waals surface area contributed by atoms with Crippen LogP contribution in [0.1, 0.15) is 33.6 Å². The van der Waals surface area contributed by atoms with Crippen LogP contribution in [0.3, 0.4) is 0 Å². The fourth-order valence-corrected chi connectivity index (χ4v) is 2.48. The van der Waals surface area contributed by atoms with Crippen LogP contribution >= 0.6 is 0 Å². The van der Waals surface area contributed by atoms with Crippen LogP contribution in [0.5, 0.6) is 0 Å². The zero-order chi connectivity index (χ0) is 11.2. The van der Waals surface area contributed by atoms with Gasteiger partial charge in [-0.15, -0.1) is 0 Å². The third kappa shape index (κ3) is 6.34. The number of nitrogens with one attached hydrogen (secondary N) is 1. The van der Waals surface area contributed by atoms with Crippen LogP contribution in [0.25, 0.3) is 0 Å². The van der Waals surface area contributed by atoms with Gasteiger partial charge in [-0.1, -0.05) is 20.3 Å². The minimum absolute atomic E-state index is 0.00139. The van der Waals surface area contributed by atoms with Crippen molar-refractivity contribution in [2.45, 2.75) is 39.7 Å². The number of rotatable bonds is 7. The standard InChI is InChI=1S/C9H22N2O2S/c1-4-8(2)7-9(3)11-14(12,13)6-5-10/h8-9,11H,4-7,10H2,1-3H3. The largest absolute Gasteiger partial charge is 0.329 e. The predicted molar refractivity (Wildman–Crippen MR) is 59.5 cm³/mol. The molecule has 0 bridgehead atoms. The van der Waals surface area contributed by atoms with Crippen molar-refractivity contribution in [2.24, 2.45) is 11.7 Å². The van der Waals surface area contributed by atoms with Gasteiger partial charge in [0.2, 0.25) is 10.0 Å². The van der Waals surface area contributed by atoms with Crippen LogP contribution in [0, 0.1) is 5.92 Å². The highest BCUT2D eigenvalue weighted by molar-refractivity contribution is 7.89. The second-order valence-electron chi connectivity index (χ2n) is 3.88. The molecule has 0 aromatic heterocycles. The normalized spacial score (nSPS) is 16.6. The topological polar surface area (TPSA) is 72.2 Å². The molecule has 5 heteroatoms. The summed E-state index contributed by atoms with van der Waals surface area (Å²) in [6, 6.07) is 0.00139. The molecule has 0 aromatic rings. The van der Waals surface area contributed by atoms with Crippen molar-refractivity contribution in [1.29, 1.82) is 0 Å². The maximum Gasteiger partial charge on any atom is 0.213 e. The van der Waals surface area contributed by atoms with E-state index in [1.165, 1.54) is 0 Å². The van der Waals surface area contributed by atoms with Crippen molar-refractivity contribution < 1.29 is 8.42 Å². The molecule has 0 aliphatic heterocycles. The van der Waals surface area contributed by atoms with Crippen molar-refractivity contribution in [3.63, 3.8) is 0 Å². The number of nitrogens with two attached hydrogens (primary N) is 1. The number of hydrogen-bond acceptors (Lipinski definition) is 3. The lowest BCUT2D eigenvalue weighted by atomic mass is 10.0. The molecule has 0 fully saturated rings. The van der Waals surface area contributed by atoms with Gasteiger partial charge in [-0.25, -0.2) is 13.1 Å². The van der Waals surface area contributed by atoms with Crippen LogP contribution in [0.15, 0.2) is 0 Å². The molecule has 14 heavy (non-hydrogen) atoms. The van der Waals surface area contributed by atoms with E-state index in [9.17, 15) is 8.42 Å². The molecule has 0 aliphatic carbocycles. The summed E-state index contributed by atoms with van der Waals surface area (Å²) >= 11 is 0. The first-order valence-corrected chi connectivity index (χ1v) is 6.76. The molecule has 2 atom stereocenters. The molecular weight excluding hydrogens is 200 g/mol. The minimum Gasteiger partial charge on any atom is -0.329 e. The van der Waals surface area contributed by atoms with Crippen LogP contribution in [0.4, 0.5) is 0 Å². The number of hydrogen-bond donors (Lipinski definition) is 2. The molecule has 0 radical (unpaired) electrons. The predicted octanol–water partition coefficient (Wildman–Crippen LogP) is 0.689. The van der Waals surface area contributed by atoms with Crippen LogP contribution in [0.2, 0.25) is 0 Å². The molecule has 0 amide bonds. The van der Waals surface area contributed by atoms with Crippen LogP contribution in [-0.2, 0) is 10.0 Å². The van der Waals surface area contributed by atoms with Crippen molar-refractivity contribution >= 4 is 10.0 Å². The van der Waals surface area contributed by atoms with Crippen molar-refractivity contribution in [2.75, 3.05) is 12.3 Å². The average molecular weight is 222 g/mol. The molecule has 0 saturated carbocycles. The Morgan fingerprint density at radius 1 is 1.36 bits per heavy atom. The summed E-state index contributed by atoms with van der Waals surface area (Å²) in [6.45, 7) is 6.28. The smallest absolute Gasteiger partial charge is 0.213 e. The molecular formula is C9H22N2O2S. The zero-order valence-electron chi connectivity index (χ0n) is 9.29. The van der Waals surface area contributed by atoms with E-state index in [1.807, 2.05) is 6.92 Å². The molecule has 0 aliphatic rings. The van der Waals surface area contributed by atoms with E-state index in [4.69, 9.17) is 5.73 Å². The molecule has 0 aromatic carbocycles. The third-order valence-electron chi connectivity index (χ3n) is 2.22. The van der Waals surface area contributed by atoms with E-state index in [-0.39, 0.29) is 18.3 Å². The Morgan fingerprint density at radius 2 is 1.93 bits per heavy atom. The summed E-state index contributed by atoms with van der Waals surface area (Å²) in [7, 11) is -3.16. The quantitative estimate of drug-likeness (QED) is 0.665. The van der Waals surface area contributed by atoms with Gasteiger partial charge in [-0.3, -0.25) is 0 Å². The highest BCUT2D eigenvalue weighted by Gasteiger charge is 2.14. The summed E-state index contributed by atoms with van der Waals surface area (Å²) in [6.07, 6.45) is 1.95. The lowest BCUT2D eigenvalue weighted by Crippen LogP contribution is -2.37. The van der Waals surface area contributed by atoms with Crippen LogP contribution in [-0.4, -0.2) is 26.8 Å².